The lowest BCUT2D eigenvalue weighted by Crippen LogP contribution is -2.49. The van der Waals surface area contributed by atoms with Gasteiger partial charge in [0.15, 0.2) is 0 Å². The number of carbonyl (C=O) groups is 1. The molecule has 2 rings (SSSR count). The zero-order valence-electron chi connectivity index (χ0n) is 16.2. The summed E-state index contributed by atoms with van der Waals surface area (Å²) < 4.78 is 10.9. The first-order valence-electron chi connectivity index (χ1n) is 9.06. The molecule has 0 spiro atoms. The minimum absolute atomic E-state index is 0.0128. The van der Waals surface area contributed by atoms with Crippen molar-refractivity contribution in [3.05, 3.63) is 17.0 Å². The van der Waals surface area contributed by atoms with E-state index in [1.165, 1.54) is 0 Å². The van der Waals surface area contributed by atoms with Crippen LogP contribution in [0.4, 0.5) is 0 Å². The number of likely N-dealkylation sites (N-methyl/N-ethyl adjacent to an activating group) is 1. The van der Waals surface area contributed by atoms with Gasteiger partial charge in [-0.15, -0.1) is 0 Å². The Labute approximate surface area is 150 Å². The SMILES string of the molecule is Cc1noc(C)c1CN(C)CC(=O)NCC1CN(CC(C)C)CCO1. The van der Waals surface area contributed by atoms with Crippen LogP contribution in [0, 0.1) is 19.8 Å². The van der Waals surface area contributed by atoms with Gasteiger partial charge in [0.25, 0.3) is 0 Å². The van der Waals surface area contributed by atoms with Crippen molar-refractivity contribution in [3.8, 4) is 0 Å². The number of nitrogens with zero attached hydrogens (tertiary/aromatic N) is 3. The number of nitrogens with one attached hydrogen (secondary N) is 1. The van der Waals surface area contributed by atoms with Gasteiger partial charge in [0, 0.05) is 38.3 Å². The molecule has 1 unspecified atom stereocenters. The van der Waals surface area contributed by atoms with Crippen LogP contribution in [0.1, 0.15) is 30.9 Å². The van der Waals surface area contributed by atoms with Gasteiger partial charge in [0.2, 0.25) is 5.91 Å². The molecule has 0 aromatic carbocycles. The van der Waals surface area contributed by atoms with Gasteiger partial charge in [-0.05, 0) is 26.8 Å². The topological polar surface area (TPSA) is 70.8 Å². The van der Waals surface area contributed by atoms with Gasteiger partial charge in [-0.2, -0.15) is 0 Å². The first-order valence-corrected chi connectivity index (χ1v) is 9.06. The summed E-state index contributed by atoms with van der Waals surface area (Å²) in [4.78, 5) is 16.6. The third-order valence-corrected chi connectivity index (χ3v) is 4.40. The lowest BCUT2D eigenvalue weighted by molar-refractivity contribution is -0.123. The maximum absolute atomic E-state index is 12.2. The van der Waals surface area contributed by atoms with Crippen molar-refractivity contribution in [1.82, 2.24) is 20.3 Å². The predicted molar refractivity (Wildman–Crippen MR) is 96.3 cm³/mol. The van der Waals surface area contributed by atoms with Crippen LogP contribution in [0.15, 0.2) is 4.52 Å². The summed E-state index contributed by atoms with van der Waals surface area (Å²) in [5, 5.41) is 6.94. The highest BCUT2D eigenvalue weighted by atomic mass is 16.5. The average Bonchev–Trinajstić information content (AvgIpc) is 2.84. The van der Waals surface area contributed by atoms with E-state index in [0.29, 0.717) is 25.6 Å². The molecule has 142 valence electrons. The van der Waals surface area contributed by atoms with Crippen molar-refractivity contribution >= 4 is 5.91 Å². The molecule has 1 atom stereocenters. The molecule has 0 bridgehead atoms. The maximum Gasteiger partial charge on any atom is 0.234 e. The number of aryl methyl sites for hydroxylation is 2. The zero-order chi connectivity index (χ0) is 18.4. The number of hydrogen-bond acceptors (Lipinski definition) is 6. The van der Waals surface area contributed by atoms with Gasteiger partial charge < -0.3 is 14.6 Å². The molecule has 0 aliphatic carbocycles. The smallest absolute Gasteiger partial charge is 0.234 e. The average molecular weight is 352 g/mol. The molecule has 0 radical (unpaired) electrons. The molecule has 7 nitrogen and oxygen atoms in total. The Morgan fingerprint density at radius 2 is 2.20 bits per heavy atom. The van der Waals surface area contributed by atoms with Gasteiger partial charge in [0.05, 0.1) is 24.9 Å². The summed E-state index contributed by atoms with van der Waals surface area (Å²) in [7, 11) is 1.92. The van der Waals surface area contributed by atoms with Crippen LogP contribution < -0.4 is 5.32 Å². The Morgan fingerprint density at radius 1 is 1.44 bits per heavy atom. The zero-order valence-corrected chi connectivity index (χ0v) is 16.2. The second-order valence-electron chi connectivity index (χ2n) is 7.43. The summed E-state index contributed by atoms with van der Waals surface area (Å²) in [6, 6.07) is 0. The third kappa shape index (κ3) is 6.41. The molecule has 1 fully saturated rings. The monoisotopic (exact) mass is 352 g/mol. The maximum atomic E-state index is 12.2. The highest BCUT2D eigenvalue weighted by Crippen LogP contribution is 2.14. The molecule has 0 saturated carbocycles. The van der Waals surface area contributed by atoms with Crippen LogP contribution in [-0.2, 0) is 16.1 Å². The molecular formula is C18H32N4O3. The summed E-state index contributed by atoms with van der Waals surface area (Å²) >= 11 is 0. The molecule has 25 heavy (non-hydrogen) atoms. The van der Waals surface area contributed by atoms with E-state index in [0.717, 1.165) is 43.3 Å². The van der Waals surface area contributed by atoms with Crippen molar-refractivity contribution in [2.45, 2.75) is 40.3 Å². The predicted octanol–water partition coefficient (Wildman–Crippen LogP) is 1.20. The Hall–Kier alpha value is -1.44. The molecule has 1 aromatic rings. The fourth-order valence-corrected chi connectivity index (χ4v) is 3.17. The van der Waals surface area contributed by atoms with E-state index in [1.54, 1.807) is 0 Å². The van der Waals surface area contributed by atoms with Gasteiger partial charge in [-0.1, -0.05) is 19.0 Å². The van der Waals surface area contributed by atoms with Crippen molar-refractivity contribution in [2.24, 2.45) is 5.92 Å². The molecule has 7 heteroatoms. The van der Waals surface area contributed by atoms with Gasteiger partial charge in [0.1, 0.15) is 5.76 Å². The summed E-state index contributed by atoms with van der Waals surface area (Å²) in [5.74, 6) is 1.47. The number of hydrogen-bond donors (Lipinski definition) is 1. The fourth-order valence-electron chi connectivity index (χ4n) is 3.17. The van der Waals surface area contributed by atoms with Crippen LogP contribution in [0.5, 0.6) is 0 Å². The lowest BCUT2D eigenvalue weighted by Gasteiger charge is -2.34. The van der Waals surface area contributed by atoms with Crippen molar-refractivity contribution < 1.29 is 14.1 Å². The van der Waals surface area contributed by atoms with Crippen LogP contribution in [0.25, 0.3) is 0 Å². The van der Waals surface area contributed by atoms with Gasteiger partial charge in [-0.3, -0.25) is 14.6 Å². The molecule has 1 aliphatic heterocycles. The Bertz CT molecular complexity index is 539. The normalized spacial score (nSPS) is 18.9. The van der Waals surface area contributed by atoms with E-state index in [1.807, 2.05) is 25.8 Å². The molecule has 1 aliphatic rings. The summed E-state index contributed by atoms with van der Waals surface area (Å²) in [6.07, 6.45) is 0.0734. The Morgan fingerprint density at radius 3 is 2.84 bits per heavy atom. The minimum Gasteiger partial charge on any atom is -0.374 e. The molecule has 1 aromatic heterocycles. The number of ether oxygens (including phenoxy) is 1. The van der Waals surface area contributed by atoms with Crippen molar-refractivity contribution in [3.63, 3.8) is 0 Å². The fraction of sp³-hybridized carbons (Fsp3) is 0.778. The standard InChI is InChI=1S/C18H32N4O3/c1-13(2)9-22-6-7-24-16(10-22)8-19-18(23)12-21(5)11-17-14(3)20-25-15(17)4/h13,16H,6-12H2,1-5H3,(H,19,23). The van der Waals surface area contributed by atoms with Crippen molar-refractivity contribution in [1.29, 1.82) is 0 Å². The number of aromatic nitrogens is 1. The molecule has 2 heterocycles. The van der Waals surface area contributed by atoms with Crippen molar-refractivity contribution in [2.75, 3.05) is 46.4 Å². The quantitative estimate of drug-likeness (QED) is 0.758. The number of amides is 1. The minimum atomic E-state index is 0.0128. The largest absolute Gasteiger partial charge is 0.374 e. The van der Waals surface area contributed by atoms with Crippen LogP contribution in [0.2, 0.25) is 0 Å². The molecule has 1 amide bonds. The van der Waals surface area contributed by atoms with E-state index in [2.05, 4.69) is 29.2 Å². The summed E-state index contributed by atoms with van der Waals surface area (Å²) in [5.41, 5.74) is 1.93. The Kier molecular flexibility index (Phi) is 7.40. The Balaban J connectivity index is 1.71. The highest BCUT2D eigenvalue weighted by Gasteiger charge is 2.21. The molecular weight excluding hydrogens is 320 g/mol. The van der Waals surface area contributed by atoms with E-state index in [4.69, 9.17) is 9.26 Å². The van der Waals surface area contributed by atoms with Gasteiger partial charge >= 0.3 is 0 Å². The van der Waals surface area contributed by atoms with Crippen LogP contribution >= 0.6 is 0 Å². The van der Waals surface area contributed by atoms with Gasteiger partial charge in [-0.25, -0.2) is 0 Å². The number of morpholine rings is 1. The second kappa shape index (κ2) is 9.31. The molecule has 1 N–H and O–H groups in total. The molecule has 1 saturated heterocycles. The first kappa shape index (κ1) is 19.9. The van der Waals surface area contributed by atoms with Crippen LogP contribution in [0.3, 0.4) is 0 Å². The lowest BCUT2D eigenvalue weighted by atomic mass is 10.2. The van der Waals surface area contributed by atoms with E-state index < -0.39 is 0 Å². The van der Waals surface area contributed by atoms with E-state index >= 15 is 0 Å². The number of rotatable bonds is 8. The first-order chi connectivity index (χ1) is 11.8. The number of carbonyl (C=O) groups excluding carboxylic acids is 1. The van der Waals surface area contributed by atoms with Crippen LogP contribution in [-0.4, -0.2) is 73.3 Å². The van der Waals surface area contributed by atoms with E-state index in [-0.39, 0.29) is 12.0 Å². The third-order valence-electron chi connectivity index (χ3n) is 4.40. The second-order valence-corrected chi connectivity index (χ2v) is 7.43. The highest BCUT2D eigenvalue weighted by molar-refractivity contribution is 5.78. The van der Waals surface area contributed by atoms with E-state index in [9.17, 15) is 4.79 Å². The summed E-state index contributed by atoms with van der Waals surface area (Å²) in [6.45, 7) is 13.5.